The van der Waals surface area contributed by atoms with Gasteiger partial charge in [0.25, 0.3) is 0 Å². The zero-order valence-corrected chi connectivity index (χ0v) is 11.4. The van der Waals surface area contributed by atoms with Gasteiger partial charge in [0.2, 0.25) is 5.91 Å². The van der Waals surface area contributed by atoms with E-state index in [1.54, 1.807) is 18.2 Å². The lowest BCUT2D eigenvalue weighted by Gasteiger charge is -2.10. The molecule has 22 heavy (non-hydrogen) atoms. The molecule has 2 aromatic carbocycles. The summed E-state index contributed by atoms with van der Waals surface area (Å²) in [6, 6.07) is 9.02. The van der Waals surface area contributed by atoms with Gasteiger partial charge in [0.1, 0.15) is 0 Å². The lowest BCUT2D eigenvalue weighted by atomic mass is 10.1. The molecule has 0 aliphatic carbocycles. The molecule has 4 nitrogen and oxygen atoms in total. The molecule has 0 atom stereocenters. The minimum Gasteiger partial charge on any atom is -0.399 e. The van der Waals surface area contributed by atoms with Gasteiger partial charge in [0.05, 0.1) is 12.0 Å². The van der Waals surface area contributed by atoms with Crippen LogP contribution in [-0.4, -0.2) is 5.91 Å². The predicted octanol–water partition coefficient (Wildman–Crippen LogP) is 3.05. The van der Waals surface area contributed by atoms with Crippen molar-refractivity contribution in [2.24, 2.45) is 0 Å². The van der Waals surface area contributed by atoms with E-state index in [-0.39, 0.29) is 18.0 Å². The third kappa shape index (κ3) is 3.91. The van der Waals surface area contributed by atoms with Crippen molar-refractivity contribution in [1.82, 2.24) is 0 Å². The number of anilines is 3. The summed E-state index contributed by atoms with van der Waals surface area (Å²) >= 11 is 0. The zero-order chi connectivity index (χ0) is 16.3. The standard InChI is InChI=1S/C15H14F3N3O/c16-15(17,18)10-2-5-12(6-3-10)21-14(22)7-9-1-4-11(19)8-13(9)20/h1-6,8H,7,19-20H2,(H,21,22). The molecule has 0 radical (unpaired) electrons. The first-order valence-electron chi connectivity index (χ1n) is 6.36. The summed E-state index contributed by atoms with van der Waals surface area (Å²) in [7, 11) is 0. The molecule has 0 aromatic heterocycles. The van der Waals surface area contributed by atoms with Crippen LogP contribution in [0.3, 0.4) is 0 Å². The molecule has 0 spiro atoms. The second-order valence-electron chi connectivity index (χ2n) is 4.76. The summed E-state index contributed by atoms with van der Waals surface area (Å²) in [5.74, 6) is -0.378. The molecule has 2 rings (SSSR count). The van der Waals surface area contributed by atoms with Gasteiger partial charge in [-0.2, -0.15) is 13.2 Å². The van der Waals surface area contributed by atoms with Gasteiger partial charge in [-0.3, -0.25) is 4.79 Å². The van der Waals surface area contributed by atoms with E-state index in [2.05, 4.69) is 5.32 Å². The van der Waals surface area contributed by atoms with Gasteiger partial charge in [-0.25, -0.2) is 0 Å². The van der Waals surface area contributed by atoms with Crippen LogP contribution < -0.4 is 16.8 Å². The van der Waals surface area contributed by atoms with Crippen molar-refractivity contribution in [3.8, 4) is 0 Å². The number of amides is 1. The van der Waals surface area contributed by atoms with Crippen molar-refractivity contribution in [1.29, 1.82) is 0 Å². The van der Waals surface area contributed by atoms with Gasteiger partial charge >= 0.3 is 6.18 Å². The number of nitrogens with one attached hydrogen (secondary N) is 1. The van der Waals surface area contributed by atoms with Gasteiger partial charge in [-0.15, -0.1) is 0 Å². The highest BCUT2D eigenvalue weighted by Gasteiger charge is 2.29. The maximum atomic E-state index is 12.4. The van der Waals surface area contributed by atoms with E-state index >= 15 is 0 Å². The van der Waals surface area contributed by atoms with Crippen molar-refractivity contribution in [3.05, 3.63) is 53.6 Å². The van der Waals surface area contributed by atoms with Crippen molar-refractivity contribution < 1.29 is 18.0 Å². The molecule has 0 unspecified atom stereocenters. The molecule has 0 bridgehead atoms. The molecule has 0 aliphatic rings. The average molecular weight is 309 g/mol. The van der Waals surface area contributed by atoms with Crippen LogP contribution in [0, 0.1) is 0 Å². The van der Waals surface area contributed by atoms with Gasteiger partial charge < -0.3 is 16.8 Å². The third-order valence-corrected chi connectivity index (χ3v) is 3.02. The van der Waals surface area contributed by atoms with Crippen LogP contribution in [0.1, 0.15) is 11.1 Å². The minimum atomic E-state index is -4.40. The van der Waals surface area contributed by atoms with Crippen LogP contribution >= 0.6 is 0 Å². The highest BCUT2D eigenvalue weighted by molar-refractivity contribution is 5.93. The quantitative estimate of drug-likeness (QED) is 0.762. The van der Waals surface area contributed by atoms with Crippen LogP contribution in [0.25, 0.3) is 0 Å². The van der Waals surface area contributed by atoms with Crippen molar-refractivity contribution >= 4 is 23.0 Å². The van der Waals surface area contributed by atoms with Crippen molar-refractivity contribution in [3.63, 3.8) is 0 Å². The highest BCUT2D eigenvalue weighted by atomic mass is 19.4. The third-order valence-electron chi connectivity index (χ3n) is 3.02. The maximum Gasteiger partial charge on any atom is 0.416 e. The largest absolute Gasteiger partial charge is 0.416 e. The second kappa shape index (κ2) is 5.97. The Hall–Kier alpha value is -2.70. The number of rotatable bonds is 3. The van der Waals surface area contributed by atoms with Crippen molar-refractivity contribution in [2.45, 2.75) is 12.6 Å². The van der Waals surface area contributed by atoms with Gasteiger partial charge in [0.15, 0.2) is 0 Å². The number of hydrogen-bond donors (Lipinski definition) is 3. The molecule has 0 aliphatic heterocycles. The minimum absolute atomic E-state index is 0.00708. The molecule has 0 saturated heterocycles. The Morgan fingerprint density at radius 1 is 1.05 bits per heavy atom. The molecule has 5 N–H and O–H groups in total. The van der Waals surface area contributed by atoms with Crippen LogP contribution in [0.4, 0.5) is 30.2 Å². The lowest BCUT2D eigenvalue weighted by Crippen LogP contribution is -2.15. The summed E-state index contributed by atoms with van der Waals surface area (Å²) in [6.07, 6.45) is -4.39. The number of halogens is 3. The SMILES string of the molecule is Nc1ccc(CC(=O)Nc2ccc(C(F)(F)F)cc2)c(N)c1. The summed E-state index contributed by atoms with van der Waals surface area (Å²) in [6.45, 7) is 0. The van der Waals surface area contributed by atoms with Gasteiger partial charge in [-0.1, -0.05) is 6.07 Å². The molecular formula is C15H14F3N3O. The monoisotopic (exact) mass is 309 g/mol. The molecule has 0 fully saturated rings. The second-order valence-corrected chi connectivity index (χ2v) is 4.76. The molecule has 0 heterocycles. The smallest absolute Gasteiger partial charge is 0.399 e. The van der Waals surface area contributed by atoms with Crippen LogP contribution in [0.5, 0.6) is 0 Å². The summed E-state index contributed by atoms with van der Waals surface area (Å²) in [5.41, 5.74) is 12.3. The Bertz CT molecular complexity index is 681. The highest BCUT2D eigenvalue weighted by Crippen LogP contribution is 2.29. The molecule has 7 heteroatoms. The Balaban J connectivity index is 2.03. The predicted molar refractivity (Wildman–Crippen MR) is 79.0 cm³/mol. The van der Waals surface area contributed by atoms with Crippen LogP contribution in [0.2, 0.25) is 0 Å². The Kier molecular flexibility index (Phi) is 4.25. The van der Waals surface area contributed by atoms with E-state index in [4.69, 9.17) is 11.5 Å². The average Bonchev–Trinajstić information content (AvgIpc) is 2.41. The van der Waals surface area contributed by atoms with E-state index in [1.807, 2.05) is 0 Å². The first-order chi connectivity index (χ1) is 10.3. The van der Waals surface area contributed by atoms with E-state index in [9.17, 15) is 18.0 Å². The number of nitrogen functional groups attached to an aromatic ring is 2. The number of carbonyl (C=O) groups excluding carboxylic acids is 1. The van der Waals surface area contributed by atoms with Crippen LogP contribution in [0.15, 0.2) is 42.5 Å². The molecule has 1 amide bonds. The lowest BCUT2D eigenvalue weighted by molar-refractivity contribution is -0.137. The number of carbonyl (C=O) groups is 1. The fourth-order valence-corrected chi connectivity index (χ4v) is 1.90. The summed E-state index contributed by atoms with van der Waals surface area (Å²) < 4.78 is 37.3. The first kappa shape index (κ1) is 15.7. The number of alkyl halides is 3. The zero-order valence-electron chi connectivity index (χ0n) is 11.4. The summed E-state index contributed by atoms with van der Waals surface area (Å²) in [5, 5.41) is 2.52. The first-order valence-corrected chi connectivity index (χ1v) is 6.36. The fourth-order valence-electron chi connectivity index (χ4n) is 1.90. The maximum absolute atomic E-state index is 12.4. The Morgan fingerprint density at radius 2 is 1.68 bits per heavy atom. The van der Waals surface area contributed by atoms with E-state index in [0.29, 0.717) is 16.9 Å². The molecule has 0 saturated carbocycles. The number of benzene rings is 2. The normalized spacial score (nSPS) is 11.2. The van der Waals surface area contributed by atoms with E-state index in [1.165, 1.54) is 12.1 Å². The Morgan fingerprint density at radius 3 is 2.23 bits per heavy atom. The van der Waals surface area contributed by atoms with Crippen molar-refractivity contribution in [2.75, 3.05) is 16.8 Å². The van der Waals surface area contributed by atoms with E-state index < -0.39 is 11.7 Å². The number of nitrogens with two attached hydrogens (primary N) is 2. The topological polar surface area (TPSA) is 81.1 Å². The van der Waals surface area contributed by atoms with Crippen LogP contribution in [-0.2, 0) is 17.4 Å². The fraction of sp³-hybridized carbons (Fsp3) is 0.133. The van der Waals surface area contributed by atoms with Gasteiger partial charge in [-0.05, 0) is 42.0 Å². The number of hydrogen-bond acceptors (Lipinski definition) is 3. The van der Waals surface area contributed by atoms with Gasteiger partial charge in [0, 0.05) is 17.1 Å². The molecular weight excluding hydrogens is 295 g/mol. The van der Waals surface area contributed by atoms with E-state index in [0.717, 1.165) is 12.1 Å². The molecule has 2 aromatic rings. The molecule has 116 valence electrons. The Labute approximate surface area is 124 Å². The summed E-state index contributed by atoms with van der Waals surface area (Å²) in [4.78, 5) is 11.9.